The summed E-state index contributed by atoms with van der Waals surface area (Å²) in [6.45, 7) is 4.68. The van der Waals surface area contributed by atoms with Crippen LogP contribution in [-0.2, 0) is 4.79 Å². The Hall–Kier alpha value is -1.52. The fourth-order valence-corrected chi connectivity index (χ4v) is 1.47. The molecule has 0 spiro atoms. The molecule has 0 saturated carbocycles. The number of carbonyl (C=O) groups excluding carboxylic acids is 1. The van der Waals surface area contributed by atoms with Crippen molar-refractivity contribution < 1.29 is 18.0 Å². The van der Waals surface area contributed by atoms with Crippen LogP contribution in [0.1, 0.15) is 13.8 Å². The summed E-state index contributed by atoms with van der Waals surface area (Å²) in [5, 5.41) is 7.95. The highest BCUT2D eigenvalue weighted by molar-refractivity contribution is 14.0. The molecule has 3 N–H and O–H groups in total. The van der Waals surface area contributed by atoms with Crippen LogP contribution < -0.4 is 16.0 Å². The predicted molar refractivity (Wildman–Crippen MR) is 90.0 cm³/mol. The number of nitrogens with one attached hydrogen (secondary N) is 3. The molecule has 22 heavy (non-hydrogen) atoms. The van der Waals surface area contributed by atoms with Gasteiger partial charge < -0.3 is 16.0 Å². The number of amides is 1. The monoisotopic (exact) mass is 430 g/mol. The van der Waals surface area contributed by atoms with Crippen molar-refractivity contribution in [1.29, 1.82) is 0 Å². The fraction of sp³-hybridized carbons (Fsp3) is 0.385. The molecule has 1 aromatic rings. The minimum Gasteiger partial charge on any atom is -0.357 e. The van der Waals surface area contributed by atoms with Crippen LogP contribution in [0.2, 0.25) is 0 Å². The zero-order valence-electron chi connectivity index (χ0n) is 12.2. The molecule has 124 valence electrons. The molecule has 5 nitrogen and oxygen atoms in total. The number of nitrogens with zero attached hydrogens (tertiary/aromatic N) is 1. The van der Waals surface area contributed by atoms with Gasteiger partial charge in [0.05, 0.1) is 5.69 Å². The molecule has 1 amide bonds. The highest BCUT2D eigenvalue weighted by atomic mass is 127. The number of aliphatic imine (C=N–C) groups is 1. The third-order valence-electron chi connectivity index (χ3n) is 2.38. The highest BCUT2D eigenvalue weighted by Crippen LogP contribution is 2.19. The SMILES string of the molecule is CCNC(=NCC(=O)Nc1ccc(F)c(F)c1F)NCC.I. The van der Waals surface area contributed by atoms with Gasteiger partial charge in [-0.05, 0) is 26.0 Å². The summed E-state index contributed by atoms with van der Waals surface area (Å²) in [5.41, 5.74) is -0.428. The summed E-state index contributed by atoms with van der Waals surface area (Å²) in [5.74, 6) is -4.59. The lowest BCUT2D eigenvalue weighted by molar-refractivity contribution is -0.114. The molecule has 0 unspecified atom stereocenters. The van der Waals surface area contributed by atoms with Gasteiger partial charge in [-0.1, -0.05) is 0 Å². The zero-order valence-corrected chi connectivity index (χ0v) is 14.5. The van der Waals surface area contributed by atoms with E-state index in [1.807, 2.05) is 13.8 Å². The van der Waals surface area contributed by atoms with Gasteiger partial charge in [-0.25, -0.2) is 18.2 Å². The average Bonchev–Trinajstić information content (AvgIpc) is 2.46. The molecule has 9 heteroatoms. The van der Waals surface area contributed by atoms with Gasteiger partial charge in [0, 0.05) is 13.1 Å². The molecule has 0 aliphatic heterocycles. The Labute approximate surface area is 143 Å². The van der Waals surface area contributed by atoms with Crippen LogP contribution in [0.15, 0.2) is 17.1 Å². The highest BCUT2D eigenvalue weighted by Gasteiger charge is 2.15. The Morgan fingerprint density at radius 2 is 1.68 bits per heavy atom. The van der Waals surface area contributed by atoms with E-state index in [0.717, 1.165) is 12.1 Å². The average molecular weight is 430 g/mol. The summed E-state index contributed by atoms with van der Waals surface area (Å²) >= 11 is 0. The second kappa shape index (κ2) is 10.2. The van der Waals surface area contributed by atoms with E-state index in [4.69, 9.17) is 0 Å². The van der Waals surface area contributed by atoms with Crippen molar-refractivity contribution >= 4 is 41.5 Å². The molecule has 0 atom stereocenters. The summed E-state index contributed by atoms with van der Waals surface area (Å²) < 4.78 is 39.1. The summed E-state index contributed by atoms with van der Waals surface area (Å²) in [6, 6.07) is 1.69. The van der Waals surface area contributed by atoms with E-state index in [1.165, 1.54) is 0 Å². The predicted octanol–water partition coefficient (Wildman–Crippen LogP) is 2.24. The molecule has 0 radical (unpaired) electrons. The molecule has 0 aromatic heterocycles. The number of carbonyl (C=O) groups is 1. The van der Waals surface area contributed by atoms with E-state index >= 15 is 0 Å². The van der Waals surface area contributed by atoms with Gasteiger partial charge in [0.25, 0.3) is 0 Å². The maximum absolute atomic E-state index is 13.4. The minimum atomic E-state index is -1.63. The third-order valence-corrected chi connectivity index (χ3v) is 2.38. The Morgan fingerprint density at radius 3 is 2.23 bits per heavy atom. The first kappa shape index (κ1) is 20.5. The smallest absolute Gasteiger partial charge is 0.246 e. The molecule has 0 aliphatic carbocycles. The van der Waals surface area contributed by atoms with Crippen LogP contribution in [0.25, 0.3) is 0 Å². The van der Waals surface area contributed by atoms with Crippen LogP contribution in [-0.4, -0.2) is 31.5 Å². The molecule has 0 aliphatic rings. The Kier molecular flexibility index (Phi) is 9.54. The number of benzene rings is 1. The van der Waals surface area contributed by atoms with Crippen molar-refractivity contribution in [3.63, 3.8) is 0 Å². The Balaban J connectivity index is 0.00000441. The molecule has 0 saturated heterocycles. The van der Waals surface area contributed by atoms with Gasteiger partial charge in [-0.15, -0.1) is 24.0 Å². The quantitative estimate of drug-likeness (QED) is 0.291. The van der Waals surface area contributed by atoms with E-state index in [2.05, 4.69) is 20.9 Å². The summed E-state index contributed by atoms with van der Waals surface area (Å²) in [4.78, 5) is 15.6. The molecular formula is C13H18F3IN4O. The normalized spacial score (nSPS) is 9.50. The standard InChI is InChI=1S/C13H17F3N4O.HI/c1-3-17-13(18-4-2)19-7-10(21)20-9-6-5-8(14)11(15)12(9)16;/h5-6H,3-4,7H2,1-2H3,(H,20,21)(H2,17,18,19);1H. The summed E-state index contributed by atoms with van der Waals surface area (Å²) in [6.07, 6.45) is 0. The largest absolute Gasteiger partial charge is 0.357 e. The van der Waals surface area contributed by atoms with Crippen LogP contribution in [0.4, 0.5) is 18.9 Å². The lowest BCUT2D eigenvalue weighted by Crippen LogP contribution is -2.37. The maximum Gasteiger partial charge on any atom is 0.246 e. The first-order chi connectivity index (χ1) is 9.99. The lowest BCUT2D eigenvalue weighted by Gasteiger charge is -2.09. The van der Waals surface area contributed by atoms with Crippen molar-refractivity contribution in [2.75, 3.05) is 25.0 Å². The van der Waals surface area contributed by atoms with Crippen molar-refractivity contribution in [2.24, 2.45) is 4.99 Å². The second-order valence-electron chi connectivity index (χ2n) is 4.00. The van der Waals surface area contributed by atoms with Crippen LogP contribution in [0.3, 0.4) is 0 Å². The van der Waals surface area contributed by atoms with Gasteiger partial charge in [-0.3, -0.25) is 4.79 Å². The summed E-state index contributed by atoms with van der Waals surface area (Å²) in [7, 11) is 0. The maximum atomic E-state index is 13.4. The van der Waals surface area contributed by atoms with Crippen molar-refractivity contribution in [2.45, 2.75) is 13.8 Å². The molecular weight excluding hydrogens is 412 g/mol. The Morgan fingerprint density at radius 1 is 1.09 bits per heavy atom. The van der Waals surface area contributed by atoms with E-state index in [-0.39, 0.29) is 30.5 Å². The first-order valence-electron chi connectivity index (χ1n) is 6.45. The van der Waals surface area contributed by atoms with E-state index in [1.54, 1.807) is 0 Å². The van der Waals surface area contributed by atoms with Crippen molar-refractivity contribution in [3.8, 4) is 0 Å². The van der Waals surface area contributed by atoms with Crippen molar-refractivity contribution in [1.82, 2.24) is 10.6 Å². The van der Waals surface area contributed by atoms with Crippen LogP contribution in [0.5, 0.6) is 0 Å². The van der Waals surface area contributed by atoms with Gasteiger partial charge in [-0.2, -0.15) is 0 Å². The second-order valence-corrected chi connectivity index (χ2v) is 4.00. The fourth-order valence-electron chi connectivity index (χ4n) is 1.47. The van der Waals surface area contributed by atoms with Crippen molar-refractivity contribution in [3.05, 3.63) is 29.6 Å². The van der Waals surface area contributed by atoms with Gasteiger partial charge in [0.2, 0.25) is 5.91 Å². The van der Waals surface area contributed by atoms with E-state index in [0.29, 0.717) is 19.0 Å². The number of anilines is 1. The van der Waals surface area contributed by atoms with Crippen LogP contribution in [0, 0.1) is 17.5 Å². The number of guanidine groups is 1. The Bertz CT molecular complexity index is 532. The number of hydrogen-bond acceptors (Lipinski definition) is 2. The van der Waals surface area contributed by atoms with E-state index < -0.39 is 29.0 Å². The first-order valence-corrected chi connectivity index (χ1v) is 6.45. The molecule has 0 heterocycles. The van der Waals surface area contributed by atoms with Gasteiger partial charge >= 0.3 is 0 Å². The minimum absolute atomic E-state index is 0. The van der Waals surface area contributed by atoms with Gasteiger partial charge in [0.15, 0.2) is 23.4 Å². The topological polar surface area (TPSA) is 65.5 Å². The number of rotatable bonds is 5. The molecule has 1 rings (SSSR count). The third kappa shape index (κ3) is 6.08. The zero-order chi connectivity index (χ0) is 15.8. The number of halogens is 4. The number of hydrogen-bond donors (Lipinski definition) is 3. The molecule has 1 aromatic carbocycles. The van der Waals surface area contributed by atoms with E-state index in [9.17, 15) is 18.0 Å². The molecule has 0 bridgehead atoms. The van der Waals surface area contributed by atoms with Crippen LogP contribution >= 0.6 is 24.0 Å². The molecule has 0 fully saturated rings. The lowest BCUT2D eigenvalue weighted by atomic mass is 10.3. The van der Waals surface area contributed by atoms with Gasteiger partial charge in [0.1, 0.15) is 6.54 Å².